The van der Waals surface area contributed by atoms with Crippen molar-refractivity contribution in [3.05, 3.63) is 24.1 Å². The van der Waals surface area contributed by atoms with Crippen LogP contribution in [0.25, 0.3) is 11.1 Å². The molecule has 0 bridgehead atoms. The van der Waals surface area contributed by atoms with Gasteiger partial charge in [-0.25, -0.2) is 4.98 Å². The summed E-state index contributed by atoms with van der Waals surface area (Å²) < 4.78 is 5.66. The summed E-state index contributed by atoms with van der Waals surface area (Å²) in [5.41, 5.74) is 13.2. The average Bonchev–Trinajstić information content (AvgIpc) is 2.96. The minimum absolute atomic E-state index is 0.0607. The zero-order valence-electron chi connectivity index (χ0n) is 10.5. The van der Waals surface area contributed by atoms with Gasteiger partial charge in [0, 0.05) is 6.54 Å². The lowest BCUT2D eigenvalue weighted by molar-refractivity contribution is -0.121. The van der Waals surface area contributed by atoms with Crippen molar-refractivity contribution in [2.24, 2.45) is 11.7 Å². The maximum absolute atomic E-state index is 11.1. The number of para-hydroxylation sites is 1. The number of amides is 1. The van der Waals surface area contributed by atoms with Gasteiger partial charge in [-0.15, -0.1) is 0 Å². The quantitative estimate of drug-likeness (QED) is 0.792. The van der Waals surface area contributed by atoms with Crippen molar-refractivity contribution in [3.8, 4) is 0 Å². The summed E-state index contributed by atoms with van der Waals surface area (Å²) in [6.07, 6.45) is 0.803. The first-order valence-corrected chi connectivity index (χ1v) is 6.29. The normalized spacial score (nSPS) is 20.1. The summed E-state index contributed by atoms with van der Waals surface area (Å²) in [4.78, 5) is 17.6. The Hall–Kier alpha value is -2.08. The Kier molecular flexibility index (Phi) is 2.87. The van der Waals surface area contributed by atoms with Gasteiger partial charge in [0.2, 0.25) is 11.8 Å². The van der Waals surface area contributed by atoms with Gasteiger partial charge in [-0.3, -0.25) is 9.69 Å². The summed E-state index contributed by atoms with van der Waals surface area (Å²) in [5.74, 6) is 0.330. The molecule has 6 heteroatoms. The van der Waals surface area contributed by atoms with E-state index in [-0.39, 0.29) is 11.8 Å². The highest BCUT2D eigenvalue weighted by molar-refractivity contribution is 5.85. The van der Waals surface area contributed by atoms with Gasteiger partial charge in [0.1, 0.15) is 5.52 Å². The fourth-order valence-corrected chi connectivity index (χ4v) is 2.48. The summed E-state index contributed by atoms with van der Waals surface area (Å²) in [6.45, 7) is 2.09. The van der Waals surface area contributed by atoms with E-state index in [9.17, 15) is 4.79 Å². The van der Waals surface area contributed by atoms with Crippen LogP contribution in [0.3, 0.4) is 0 Å². The molecule has 1 aliphatic rings. The van der Waals surface area contributed by atoms with Gasteiger partial charge >= 0.3 is 0 Å². The lowest BCUT2D eigenvalue weighted by Crippen LogP contribution is -2.27. The number of benzene rings is 1. The molecule has 4 N–H and O–H groups in total. The Morgan fingerprint density at radius 1 is 1.53 bits per heavy atom. The Bertz CT molecular complexity index is 622. The topological polar surface area (TPSA) is 98.4 Å². The van der Waals surface area contributed by atoms with Crippen molar-refractivity contribution in [2.45, 2.75) is 13.0 Å². The molecule has 3 rings (SSSR count). The molecular formula is C13H16N4O2. The van der Waals surface area contributed by atoms with Gasteiger partial charge in [-0.05, 0) is 25.1 Å². The molecule has 1 aromatic heterocycles. The average molecular weight is 260 g/mol. The lowest BCUT2D eigenvalue weighted by Gasteiger charge is -2.12. The number of aromatic nitrogens is 1. The van der Waals surface area contributed by atoms with E-state index >= 15 is 0 Å². The molecule has 0 aliphatic carbocycles. The van der Waals surface area contributed by atoms with Crippen molar-refractivity contribution in [1.29, 1.82) is 0 Å². The summed E-state index contributed by atoms with van der Waals surface area (Å²) >= 11 is 0. The van der Waals surface area contributed by atoms with E-state index in [1.165, 1.54) is 0 Å². The van der Waals surface area contributed by atoms with Crippen molar-refractivity contribution >= 4 is 22.7 Å². The Morgan fingerprint density at radius 2 is 2.37 bits per heavy atom. The van der Waals surface area contributed by atoms with Crippen LogP contribution in [-0.2, 0) is 11.3 Å². The highest BCUT2D eigenvalue weighted by Crippen LogP contribution is 2.23. The predicted molar refractivity (Wildman–Crippen MR) is 71.0 cm³/mol. The molecule has 0 radical (unpaired) electrons. The van der Waals surface area contributed by atoms with Crippen LogP contribution in [0.1, 0.15) is 12.3 Å². The van der Waals surface area contributed by atoms with Gasteiger partial charge < -0.3 is 15.9 Å². The second kappa shape index (κ2) is 4.55. The van der Waals surface area contributed by atoms with E-state index in [2.05, 4.69) is 9.88 Å². The zero-order chi connectivity index (χ0) is 13.4. The number of likely N-dealkylation sites (tertiary alicyclic amines) is 1. The lowest BCUT2D eigenvalue weighted by atomic mass is 10.1. The van der Waals surface area contributed by atoms with Crippen LogP contribution in [0, 0.1) is 5.92 Å². The number of fused-ring (bicyclic) bond motifs is 1. The summed E-state index contributed by atoms with van der Waals surface area (Å²) in [6, 6.07) is 5.48. The Labute approximate surface area is 110 Å². The number of anilines is 1. The number of nitrogens with two attached hydrogens (primary N) is 2. The molecule has 19 heavy (non-hydrogen) atoms. The summed E-state index contributed by atoms with van der Waals surface area (Å²) in [7, 11) is 0. The molecular weight excluding hydrogens is 244 g/mol. The molecule has 1 saturated heterocycles. The van der Waals surface area contributed by atoms with E-state index in [0.29, 0.717) is 35.8 Å². The first-order chi connectivity index (χ1) is 9.13. The minimum atomic E-state index is -0.232. The van der Waals surface area contributed by atoms with Gasteiger partial charge in [-0.1, -0.05) is 6.07 Å². The van der Waals surface area contributed by atoms with Crippen LogP contribution in [0.15, 0.2) is 22.6 Å². The van der Waals surface area contributed by atoms with Gasteiger partial charge in [0.05, 0.1) is 18.2 Å². The third-order valence-corrected chi connectivity index (χ3v) is 3.53. The van der Waals surface area contributed by atoms with Gasteiger partial charge in [0.15, 0.2) is 5.58 Å². The number of hydrogen-bond donors (Lipinski definition) is 2. The van der Waals surface area contributed by atoms with E-state index < -0.39 is 0 Å². The van der Waals surface area contributed by atoms with Crippen LogP contribution < -0.4 is 11.5 Å². The molecule has 1 amide bonds. The number of hydrogen-bond acceptors (Lipinski definition) is 5. The van der Waals surface area contributed by atoms with E-state index in [0.717, 1.165) is 13.0 Å². The second-order valence-electron chi connectivity index (χ2n) is 4.92. The smallest absolute Gasteiger partial charge is 0.221 e. The van der Waals surface area contributed by atoms with Crippen molar-refractivity contribution < 1.29 is 9.21 Å². The molecule has 2 heterocycles. The van der Waals surface area contributed by atoms with Crippen molar-refractivity contribution in [1.82, 2.24) is 9.88 Å². The van der Waals surface area contributed by atoms with E-state index in [4.69, 9.17) is 15.9 Å². The highest BCUT2D eigenvalue weighted by atomic mass is 16.3. The van der Waals surface area contributed by atoms with Gasteiger partial charge in [0.25, 0.3) is 0 Å². The molecule has 0 saturated carbocycles. The molecule has 1 aliphatic heterocycles. The third-order valence-electron chi connectivity index (χ3n) is 3.53. The van der Waals surface area contributed by atoms with E-state index in [1.807, 2.05) is 12.1 Å². The maximum atomic E-state index is 11.1. The van der Waals surface area contributed by atoms with Crippen molar-refractivity contribution in [2.75, 3.05) is 18.8 Å². The highest BCUT2D eigenvalue weighted by Gasteiger charge is 2.27. The van der Waals surface area contributed by atoms with Crippen LogP contribution in [0.2, 0.25) is 0 Å². The second-order valence-corrected chi connectivity index (χ2v) is 4.92. The van der Waals surface area contributed by atoms with E-state index in [1.54, 1.807) is 6.07 Å². The molecule has 0 spiro atoms. The van der Waals surface area contributed by atoms with Crippen LogP contribution >= 0.6 is 0 Å². The fraction of sp³-hybridized carbons (Fsp3) is 0.385. The molecule has 1 atom stereocenters. The number of nitrogens with zero attached hydrogens (tertiary/aromatic N) is 2. The fourth-order valence-electron chi connectivity index (χ4n) is 2.48. The first kappa shape index (κ1) is 12.0. The third kappa shape index (κ3) is 2.26. The Morgan fingerprint density at radius 3 is 3.05 bits per heavy atom. The molecule has 1 unspecified atom stereocenters. The molecule has 100 valence electrons. The summed E-state index contributed by atoms with van der Waals surface area (Å²) in [5, 5.41) is 0. The van der Waals surface area contributed by atoms with Gasteiger partial charge in [-0.2, -0.15) is 0 Å². The molecule has 6 nitrogen and oxygen atoms in total. The first-order valence-electron chi connectivity index (χ1n) is 6.29. The number of oxazole rings is 1. The number of primary amides is 1. The number of carbonyl (C=O) groups is 1. The molecule has 1 fully saturated rings. The number of nitrogen functional groups attached to an aromatic ring is 1. The van der Waals surface area contributed by atoms with Crippen molar-refractivity contribution in [3.63, 3.8) is 0 Å². The maximum Gasteiger partial charge on any atom is 0.221 e. The van der Waals surface area contributed by atoms with Crippen LogP contribution in [0.4, 0.5) is 5.69 Å². The van der Waals surface area contributed by atoms with Crippen LogP contribution in [-0.4, -0.2) is 28.9 Å². The number of rotatable bonds is 3. The largest absolute Gasteiger partial charge is 0.439 e. The van der Waals surface area contributed by atoms with Crippen LogP contribution in [0.5, 0.6) is 0 Å². The molecule has 1 aromatic carbocycles. The number of carbonyl (C=O) groups excluding carboxylic acids is 1. The monoisotopic (exact) mass is 260 g/mol. The SMILES string of the molecule is NC(=O)C1CCN(Cc2nc3c(N)cccc3o2)C1. The standard InChI is InChI=1S/C13H16N4O2/c14-9-2-1-3-10-12(9)16-11(19-10)7-17-5-4-8(6-17)13(15)18/h1-3,8H,4-7,14H2,(H2,15,18). The minimum Gasteiger partial charge on any atom is -0.439 e. The molecule has 2 aromatic rings. The predicted octanol–water partition coefficient (Wildman–Crippen LogP) is 0.717. The zero-order valence-corrected chi connectivity index (χ0v) is 10.5. The Balaban J connectivity index is 1.76.